The van der Waals surface area contributed by atoms with Gasteiger partial charge in [-0.2, -0.15) is 5.10 Å². The van der Waals surface area contributed by atoms with Gasteiger partial charge in [-0.15, -0.1) is 11.3 Å². The van der Waals surface area contributed by atoms with Crippen LogP contribution in [-0.2, 0) is 4.79 Å². The molecule has 4 heterocycles. The summed E-state index contributed by atoms with van der Waals surface area (Å²) in [4.78, 5) is 39.3. The second-order valence-electron chi connectivity index (χ2n) is 10.8. The van der Waals surface area contributed by atoms with Crippen molar-refractivity contribution in [2.45, 2.75) is 44.7 Å². The van der Waals surface area contributed by atoms with Gasteiger partial charge in [-0.05, 0) is 63.9 Å². The van der Waals surface area contributed by atoms with Crippen molar-refractivity contribution in [1.29, 1.82) is 0 Å². The number of nitrogens with one attached hydrogen (secondary N) is 3. The molecule has 2 amide bonds. The number of piperidine rings is 1. The maximum absolute atomic E-state index is 12.9. The molecule has 3 aromatic heterocycles. The number of carbonyl (C=O) groups is 2. The number of rotatable bonds is 10. The van der Waals surface area contributed by atoms with E-state index in [1.807, 2.05) is 17.9 Å². The van der Waals surface area contributed by atoms with Crippen molar-refractivity contribution in [2.24, 2.45) is 0 Å². The van der Waals surface area contributed by atoms with E-state index in [1.54, 1.807) is 48.8 Å². The third kappa shape index (κ3) is 6.60. The number of carbonyl (C=O) groups excluding carboxylic acids is 2. The van der Waals surface area contributed by atoms with E-state index in [4.69, 9.17) is 4.74 Å². The molecule has 0 spiro atoms. The van der Waals surface area contributed by atoms with E-state index in [0.717, 1.165) is 36.2 Å². The van der Waals surface area contributed by atoms with Crippen molar-refractivity contribution >= 4 is 45.1 Å². The summed E-state index contributed by atoms with van der Waals surface area (Å²) in [6, 6.07) is 9.43. The number of H-pyrrole nitrogens is 1. The highest BCUT2D eigenvalue weighted by atomic mass is 32.1. The third-order valence-corrected chi connectivity index (χ3v) is 8.34. The number of aromatic nitrogens is 4. The lowest BCUT2D eigenvalue weighted by molar-refractivity contribution is -0.127. The molecular weight excluding hydrogens is 552 g/mol. The number of aryl methyl sites for hydroxylation is 1. The molecule has 1 saturated carbocycles. The summed E-state index contributed by atoms with van der Waals surface area (Å²) in [6.07, 6.45) is 11.4. The molecule has 1 aliphatic heterocycles. The number of likely N-dealkylation sites (tertiary alicyclic amines) is 1. The highest BCUT2D eigenvalue weighted by Crippen LogP contribution is 2.34. The van der Waals surface area contributed by atoms with E-state index in [9.17, 15) is 9.59 Å². The Morgan fingerprint density at radius 3 is 2.79 bits per heavy atom. The van der Waals surface area contributed by atoms with Crippen LogP contribution in [0.4, 0.5) is 10.9 Å². The third-order valence-electron chi connectivity index (χ3n) is 7.51. The van der Waals surface area contributed by atoms with Crippen LogP contribution in [0.25, 0.3) is 11.0 Å². The van der Waals surface area contributed by atoms with Gasteiger partial charge in [0.25, 0.3) is 5.91 Å². The van der Waals surface area contributed by atoms with Crippen LogP contribution in [0.3, 0.4) is 0 Å². The Bertz CT molecular complexity index is 1590. The predicted molar refractivity (Wildman–Crippen MR) is 163 cm³/mol. The number of ether oxygens (including phenoxy) is 1. The minimum Gasteiger partial charge on any atom is -0.456 e. The summed E-state index contributed by atoms with van der Waals surface area (Å²) in [6.45, 7) is 4.07. The highest BCUT2D eigenvalue weighted by molar-refractivity contribution is 7.15. The van der Waals surface area contributed by atoms with Gasteiger partial charge < -0.3 is 15.0 Å². The number of nitrogens with zero attached hydrogens (tertiary/aromatic N) is 5. The van der Waals surface area contributed by atoms with Gasteiger partial charge in [0.15, 0.2) is 16.6 Å². The summed E-state index contributed by atoms with van der Waals surface area (Å²) >= 11 is 1.43. The average molecular weight is 587 g/mol. The van der Waals surface area contributed by atoms with Gasteiger partial charge in [0.2, 0.25) is 5.91 Å². The Morgan fingerprint density at radius 2 is 2.02 bits per heavy atom. The van der Waals surface area contributed by atoms with Crippen LogP contribution >= 0.6 is 11.3 Å². The molecule has 0 unspecified atom stereocenters. The first-order valence-corrected chi connectivity index (χ1v) is 15.0. The van der Waals surface area contributed by atoms with Crippen molar-refractivity contribution in [3.63, 3.8) is 0 Å². The Labute approximate surface area is 248 Å². The van der Waals surface area contributed by atoms with Gasteiger partial charge >= 0.3 is 0 Å². The minimum absolute atomic E-state index is 0.0437. The second kappa shape index (κ2) is 12.3. The van der Waals surface area contributed by atoms with E-state index in [2.05, 4.69) is 42.7 Å². The number of fused-ring (bicyclic) bond motifs is 1. The SMILES string of the molecule is Cc1cnc(NC(=O)c2ccc(Oc3ccnc4[nH]nc(N[C@@H]5CCCN(C(=O)C=CCN(C)C6CC6)C5)c34)cc2)s1. The lowest BCUT2D eigenvalue weighted by Crippen LogP contribution is -2.44. The van der Waals surface area contributed by atoms with Gasteiger partial charge in [-0.25, -0.2) is 9.97 Å². The Balaban J connectivity index is 1.10. The molecule has 4 aromatic rings. The van der Waals surface area contributed by atoms with Crippen LogP contribution < -0.4 is 15.4 Å². The quantitative estimate of drug-likeness (QED) is 0.226. The summed E-state index contributed by atoms with van der Waals surface area (Å²) in [5, 5.41) is 15.1. The molecule has 2 fully saturated rings. The van der Waals surface area contributed by atoms with Crippen molar-refractivity contribution < 1.29 is 14.3 Å². The largest absolute Gasteiger partial charge is 0.456 e. The van der Waals surface area contributed by atoms with Crippen molar-refractivity contribution in [2.75, 3.05) is 37.3 Å². The standard InChI is InChI=1S/C30H34N8O3S/c1-19-17-32-30(42-19)34-29(40)20-7-11-23(12-8-20)41-24-13-14-31-27-26(24)28(36-35-27)33-21-5-3-16-38(18-21)25(39)6-4-15-37(2)22-9-10-22/h4,6-8,11-14,17,21-22H,3,5,9-10,15-16,18H2,1-2H3,(H,32,34,40)(H2,31,33,35,36)/t21-/m1/s1. The van der Waals surface area contributed by atoms with Crippen molar-refractivity contribution in [3.8, 4) is 11.5 Å². The van der Waals surface area contributed by atoms with E-state index in [-0.39, 0.29) is 17.9 Å². The second-order valence-corrected chi connectivity index (χ2v) is 12.0. The maximum atomic E-state index is 12.9. The van der Waals surface area contributed by atoms with Gasteiger partial charge in [-0.1, -0.05) is 6.08 Å². The summed E-state index contributed by atoms with van der Waals surface area (Å²) in [7, 11) is 2.11. The highest BCUT2D eigenvalue weighted by Gasteiger charge is 2.26. The number of hydrogen-bond donors (Lipinski definition) is 3. The lowest BCUT2D eigenvalue weighted by Gasteiger charge is -2.32. The molecule has 1 saturated heterocycles. The average Bonchev–Trinajstić information content (AvgIpc) is 3.66. The van der Waals surface area contributed by atoms with E-state index >= 15 is 0 Å². The molecule has 1 atom stereocenters. The molecule has 3 N–H and O–H groups in total. The Morgan fingerprint density at radius 1 is 1.19 bits per heavy atom. The van der Waals surface area contributed by atoms with Crippen LogP contribution in [0.5, 0.6) is 11.5 Å². The molecule has 1 aromatic carbocycles. The van der Waals surface area contributed by atoms with Gasteiger partial charge in [0, 0.05) is 66.7 Å². The zero-order valence-electron chi connectivity index (χ0n) is 23.7. The number of hydrogen-bond acceptors (Lipinski definition) is 9. The number of thiazole rings is 1. The van der Waals surface area contributed by atoms with Gasteiger partial charge in [0.1, 0.15) is 16.9 Å². The molecule has 2 aliphatic rings. The zero-order chi connectivity index (χ0) is 29.1. The molecule has 12 heteroatoms. The number of aromatic amines is 1. The fraction of sp³-hybridized carbons (Fsp3) is 0.367. The molecule has 11 nitrogen and oxygen atoms in total. The number of benzene rings is 1. The van der Waals surface area contributed by atoms with E-state index in [1.165, 1.54) is 24.2 Å². The topological polar surface area (TPSA) is 128 Å². The number of anilines is 2. The minimum atomic E-state index is -0.232. The number of amides is 2. The van der Waals surface area contributed by atoms with Crippen molar-refractivity contribution in [1.82, 2.24) is 30.0 Å². The molecule has 1 aliphatic carbocycles. The smallest absolute Gasteiger partial charge is 0.257 e. The first-order chi connectivity index (χ1) is 20.4. The normalized spacial score (nSPS) is 17.2. The fourth-order valence-electron chi connectivity index (χ4n) is 5.07. The van der Waals surface area contributed by atoms with Crippen LogP contribution in [0.1, 0.15) is 40.9 Å². The van der Waals surface area contributed by atoms with Crippen LogP contribution in [-0.4, -0.2) is 80.5 Å². The van der Waals surface area contributed by atoms with Gasteiger partial charge in [0.05, 0.1) is 0 Å². The van der Waals surface area contributed by atoms with E-state index in [0.29, 0.717) is 46.2 Å². The van der Waals surface area contributed by atoms with Crippen LogP contribution in [0.15, 0.2) is 54.9 Å². The summed E-state index contributed by atoms with van der Waals surface area (Å²) in [5.74, 6) is 1.60. The number of pyridine rings is 1. The molecule has 6 rings (SSSR count). The fourth-order valence-corrected chi connectivity index (χ4v) is 5.73. The lowest BCUT2D eigenvalue weighted by atomic mass is 10.1. The first-order valence-electron chi connectivity index (χ1n) is 14.2. The first kappa shape index (κ1) is 27.9. The monoisotopic (exact) mass is 586 g/mol. The predicted octanol–water partition coefficient (Wildman–Crippen LogP) is 4.82. The zero-order valence-corrected chi connectivity index (χ0v) is 24.5. The van der Waals surface area contributed by atoms with E-state index < -0.39 is 0 Å². The molecule has 218 valence electrons. The van der Waals surface area contributed by atoms with Gasteiger partial charge in [-0.3, -0.25) is 24.9 Å². The summed E-state index contributed by atoms with van der Waals surface area (Å²) < 4.78 is 6.22. The Hall–Kier alpha value is -4.29. The molecule has 42 heavy (non-hydrogen) atoms. The number of likely N-dealkylation sites (N-methyl/N-ethyl adjacent to an activating group) is 1. The van der Waals surface area contributed by atoms with Crippen molar-refractivity contribution in [3.05, 3.63) is 65.3 Å². The van der Waals surface area contributed by atoms with Crippen LogP contribution in [0, 0.1) is 6.92 Å². The summed E-state index contributed by atoms with van der Waals surface area (Å²) in [5.41, 5.74) is 1.10. The molecule has 0 bridgehead atoms. The maximum Gasteiger partial charge on any atom is 0.257 e. The van der Waals surface area contributed by atoms with Crippen LogP contribution in [0.2, 0.25) is 0 Å². The molecule has 0 radical (unpaired) electrons. The molecular formula is C30H34N8O3S. The Kier molecular flexibility index (Phi) is 8.15.